The largest absolute Gasteiger partial charge is 0.378 e. The zero-order valence-corrected chi connectivity index (χ0v) is 18.8. The van der Waals surface area contributed by atoms with Gasteiger partial charge in [0.1, 0.15) is 0 Å². The average Bonchev–Trinajstić information content (AvgIpc) is 3.06. The predicted molar refractivity (Wildman–Crippen MR) is 116 cm³/mol. The molecular weight excluding hydrogens is 352 g/mol. The number of hydrogen-bond donors (Lipinski definition) is 2. The molecule has 0 spiro atoms. The molecule has 1 aromatic rings. The highest BCUT2D eigenvalue weighted by Gasteiger charge is 2.49. The zero-order valence-electron chi connectivity index (χ0n) is 18.8. The van der Waals surface area contributed by atoms with Gasteiger partial charge in [-0.2, -0.15) is 5.10 Å². The summed E-state index contributed by atoms with van der Waals surface area (Å²) in [4.78, 5) is 7.07. The summed E-state index contributed by atoms with van der Waals surface area (Å²) in [5.41, 5.74) is 1.29. The molecule has 28 heavy (non-hydrogen) atoms. The van der Waals surface area contributed by atoms with Crippen LogP contribution in [0.25, 0.3) is 0 Å². The molecule has 1 aliphatic rings. The number of likely N-dealkylation sites (N-methyl/N-ethyl adjacent to an activating group) is 1. The average molecular weight is 393 g/mol. The molecule has 0 saturated heterocycles. The summed E-state index contributed by atoms with van der Waals surface area (Å²) >= 11 is 0. The Kier molecular flexibility index (Phi) is 8.31. The first-order valence-electron chi connectivity index (χ1n) is 10.6. The number of hydrogen-bond acceptors (Lipinski definition) is 4. The quantitative estimate of drug-likeness (QED) is 0.364. The number of ether oxygens (including phenoxy) is 1. The van der Waals surface area contributed by atoms with Crippen LogP contribution in [0, 0.1) is 5.41 Å². The Hall–Kier alpha value is -1.60. The van der Waals surface area contributed by atoms with Gasteiger partial charge in [-0.25, -0.2) is 0 Å². The Labute approximate surface area is 170 Å². The van der Waals surface area contributed by atoms with Crippen LogP contribution in [-0.4, -0.2) is 66.6 Å². The second kappa shape index (κ2) is 10.3. The fourth-order valence-electron chi connectivity index (χ4n) is 3.63. The fraction of sp³-hybridized carbons (Fsp3) is 0.810. The topological polar surface area (TPSA) is 66.7 Å². The lowest BCUT2D eigenvalue weighted by Crippen LogP contribution is -2.63. The van der Waals surface area contributed by atoms with E-state index >= 15 is 0 Å². The van der Waals surface area contributed by atoms with Gasteiger partial charge < -0.3 is 20.3 Å². The van der Waals surface area contributed by atoms with Crippen LogP contribution in [0.15, 0.2) is 17.4 Å². The van der Waals surface area contributed by atoms with Gasteiger partial charge in [0.05, 0.1) is 24.9 Å². The third-order valence-corrected chi connectivity index (χ3v) is 5.81. The summed E-state index contributed by atoms with van der Waals surface area (Å²) in [6, 6.07) is 0.566. The van der Waals surface area contributed by atoms with Crippen LogP contribution in [-0.2, 0) is 11.8 Å². The molecule has 3 atom stereocenters. The van der Waals surface area contributed by atoms with Crippen LogP contribution in [0.4, 0.5) is 0 Å². The number of unbranched alkanes of at least 4 members (excludes halogenated alkanes) is 1. The van der Waals surface area contributed by atoms with Crippen molar-refractivity contribution in [1.29, 1.82) is 0 Å². The molecule has 1 fully saturated rings. The molecular formula is C21H40N6O. The molecule has 0 amide bonds. The van der Waals surface area contributed by atoms with Crippen molar-refractivity contribution in [2.45, 2.75) is 65.1 Å². The number of nitrogens with one attached hydrogen (secondary N) is 2. The van der Waals surface area contributed by atoms with E-state index in [-0.39, 0.29) is 11.5 Å². The number of aromatic nitrogens is 2. The third-order valence-electron chi connectivity index (χ3n) is 5.81. The van der Waals surface area contributed by atoms with E-state index in [9.17, 15) is 0 Å². The molecule has 160 valence electrons. The molecule has 1 aromatic heterocycles. The van der Waals surface area contributed by atoms with Crippen LogP contribution in [0.5, 0.6) is 0 Å². The molecule has 2 N–H and O–H groups in total. The lowest BCUT2D eigenvalue weighted by molar-refractivity contribution is -0.113. The lowest BCUT2D eigenvalue weighted by atomic mass is 9.64. The molecule has 7 nitrogen and oxygen atoms in total. The van der Waals surface area contributed by atoms with E-state index in [1.165, 1.54) is 12.0 Å². The van der Waals surface area contributed by atoms with Gasteiger partial charge in [-0.1, -0.05) is 27.2 Å². The molecule has 0 aromatic carbocycles. The van der Waals surface area contributed by atoms with Gasteiger partial charge in [-0.05, 0) is 33.9 Å². The van der Waals surface area contributed by atoms with E-state index in [1.807, 2.05) is 17.9 Å². The van der Waals surface area contributed by atoms with Crippen molar-refractivity contribution in [3.8, 4) is 0 Å². The van der Waals surface area contributed by atoms with Crippen molar-refractivity contribution in [3.63, 3.8) is 0 Å². The predicted octanol–water partition coefficient (Wildman–Crippen LogP) is 2.56. The van der Waals surface area contributed by atoms with E-state index in [0.717, 1.165) is 32.0 Å². The zero-order chi connectivity index (χ0) is 20.7. The van der Waals surface area contributed by atoms with Gasteiger partial charge in [0.15, 0.2) is 5.96 Å². The molecule has 1 saturated carbocycles. The Morgan fingerprint density at radius 2 is 2.18 bits per heavy atom. The summed E-state index contributed by atoms with van der Waals surface area (Å²) in [6.45, 7) is 11.3. The number of guanidine groups is 1. The highest BCUT2D eigenvalue weighted by atomic mass is 16.5. The number of aryl methyl sites for hydroxylation is 1. The van der Waals surface area contributed by atoms with Crippen molar-refractivity contribution >= 4 is 5.96 Å². The van der Waals surface area contributed by atoms with Crippen molar-refractivity contribution in [1.82, 2.24) is 25.3 Å². The van der Waals surface area contributed by atoms with Crippen molar-refractivity contribution in [2.24, 2.45) is 17.5 Å². The number of nitrogens with zero attached hydrogens (tertiary/aromatic N) is 4. The van der Waals surface area contributed by atoms with Gasteiger partial charge in [-0.15, -0.1) is 0 Å². The molecule has 2 rings (SSSR count). The van der Waals surface area contributed by atoms with Gasteiger partial charge in [0, 0.05) is 43.4 Å². The minimum absolute atomic E-state index is 0.105. The minimum Gasteiger partial charge on any atom is -0.378 e. The molecule has 0 aliphatic heterocycles. The molecule has 7 heteroatoms. The van der Waals surface area contributed by atoms with Crippen LogP contribution < -0.4 is 10.6 Å². The second-order valence-corrected chi connectivity index (χ2v) is 8.61. The Morgan fingerprint density at radius 3 is 2.71 bits per heavy atom. The Balaban J connectivity index is 1.98. The summed E-state index contributed by atoms with van der Waals surface area (Å²) in [7, 11) is 6.12. The highest BCUT2D eigenvalue weighted by molar-refractivity contribution is 5.80. The molecule has 0 bridgehead atoms. The maximum atomic E-state index is 6.08. The van der Waals surface area contributed by atoms with E-state index < -0.39 is 0 Å². The lowest BCUT2D eigenvalue weighted by Gasteiger charge is -2.52. The van der Waals surface area contributed by atoms with E-state index in [4.69, 9.17) is 9.73 Å². The summed E-state index contributed by atoms with van der Waals surface area (Å²) in [5, 5.41) is 11.3. The minimum atomic E-state index is 0.105. The van der Waals surface area contributed by atoms with Gasteiger partial charge >= 0.3 is 0 Å². The summed E-state index contributed by atoms with van der Waals surface area (Å²) in [5.74, 6) is 0.878. The first-order chi connectivity index (χ1) is 13.3. The van der Waals surface area contributed by atoms with Crippen LogP contribution in [0.1, 0.15) is 58.6 Å². The van der Waals surface area contributed by atoms with Gasteiger partial charge in [0.25, 0.3) is 0 Å². The molecule has 1 heterocycles. The fourth-order valence-corrected chi connectivity index (χ4v) is 3.63. The van der Waals surface area contributed by atoms with Gasteiger partial charge in [0.2, 0.25) is 0 Å². The maximum Gasteiger partial charge on any atom is 0.191 e. The molecule has 3 unspecified atom stereocenters. The summed E-state index contributed by atoms with van der Waals surface area (Å²) in [6.07, 6.45) is 7.65. The maximum absolute atomic E-state index is 6.08. The normalized spacial score (nSPS) is 22.8. The Bertz CT molecular complexity index is 624. The van der Waals surface area contributed by atoms with Crippen molar-refractivity contribution < 1.29 is 4.74 Å². The standard InChI is InChI=1S/C21H40N6O/c1-8-10-11-28-19-12-18(21(19,3)4)25-20(22-9-2)23-14-17(26(5)6)16-13-24-27(7)15-16/h13,15,17-19H,8-12,14H2,1-7H3,(H2,22,23,25). The van der Waals surface area contributed by atoms with E-state index in [1.54, 1.807) is 0 Å². The third kappa shape index (κ3) is 5.70. The smallest absolute Gasteiger partial charge is 0.191 e. The summed E-state index contributed by atoms with van der Waals surface area (Å²) < 4.78 is 7.92. The Morgan fingerprint density at radius 1 is 1.43 bits per heavy atom. The molecule has 1 aliphatic carbocycles. The highest BCUT2D eigenvalue weighted by Crippen LogP contribution is 2.42. The van der Waals surface area contributed by atoms with E-state index in [0.29, 0.717) is 18.7 Å². The number of aliphatic imine (C=N–C) groups is 1. The van der Waals surface area contributed by atoms with Crippen LogP contribution >= 0.6 is 0 Å². The monoisotopic (exact) mass is 392 g/mol. The number of rotatable bonds is 10. The second-order valence-electron chi connectivity index (χ2n) is 8.61. The van der Waals surface area contributed by atoms with Crippen LogP contribution in [0.2, 0.25) is 0 Å². The van der Waals surface area contributed by atoms with E-state index in [2.05, 4.69) is 68.6 Å². The molecule has 0 radical (unpaired) electrons. The van der Waals surface area contributed by atoms with Crippen molar-refractivity contribution in [3.05, 3.63) is 18.0 Å². The first-order valence-corrected chi connectivity index (χ1v) is 10.6. The van der Waals surface area contributed by atoms with Crippen LogP contribution in [0.3, 0.4) is 0 Å². The first kappa shape index (κ1) is 22.7. The van der Waals surface area contributed by atoms with Crippen molar-refractivity contribution in [2.75, 3.05) is 33.8 Å². The van der Waals surface area contributed by atoms with Gasteiger partial charge in [-0.3, -0.25) is 9.67 Å². The SMILES string of the molecule is CCCCOC1CC(NC(=NCC(c2cnn(C)c2)N(C)C)NCC)C1(C)C.